The van der Waals surface area contributed by atoms with Gasteiger partial charge in [0.05, 0.1) is 16.9 Å². The third-order valence-corrected chi connectivity index (χ3v) is 11.5. The van der Waals surface area contributed by atoms with E-state index in [1.54, 1.807) is 23.5 Å². The standard InChI is InChI=1S/C12H10O2S6/c1-5(2)8-17-11-12(18-8)20-10(19-11)9-15-6-7(16-9)14-4-3-13-6/h3-4H2,1-2H3. The van der Waals surface area contributed by atoms with Gasteiger partial charge in [0.1, 0.15) is 13.2 Å². The van der Waals surface area contributed by atoms with Gasteiger partial charge in [0.15, 0.2) is 0 Å². The maximum Gasteiger partial charge on any atom is 0.208 e. The van der Waals surface area contributed by atoms with Crippen molar-refractivity contribution in [2.24, 2.45) is 0 Å². The lowest BCUT2D eigenvalue weighted by Crippen LogP contribution is -2.08. The van der Waals surface area contributed by atoms with Crippen LogP contribution >= 0.6 is 70.6 Å². The summed E-state index contributed by atoms with van der Waals surface area (Å²) in [5, 5.41) is 1.89. The lowest BCUT2D eigenvalue weighted by atomic mass is 10.4. The molecule has 4 rings (SSSR count). The van der Waals surface area contributed by atoms with Crippen LogP contribution in [0.25, 0.3) is 0 Å². The first-order valence-corrected chi connectivity index (χ1v) is 10.8. The van der Waals surface area contributed by atoms with Gasteiger partial charge in [0.2, 0.25) is 10.2 Å². The molecule has 0 atom stereocenters. The van der Waals surface area contributed by atoms with Crippen LogP contribution in [0.5, 0.6) is 0 Å². The highest BCUT2D eigenvalue weighted by Gasteiger charge is 2.36. The van der Waals surface area contributed by atoms with E-state index in [9.17, 15) is 0 Å². The zero-order valence-corrected chi connectivity index (χ0v) is 15.6. The average molecular weight is 379 g/mol. The lowest BCUT2D eigenvalue weighted by molar-refractivity contribution is 0.0949. The van der Waals surface area contributed by atoms with Crippen molar-refractivity contribution in [3.63, 3.8) is 0 Å². The molecule has 0 amide bonds. The molecule has 0 N–H and O–H groups in total. The summed E-state index contributed by atoms with van der Waals surface area (Å²) in [6.45, 7) is 5.70. The summed E-state index contributed by atoms with van der Waals surface area (Å²) >= 11 is 11.0. The van der Waals surface area contributed by atoms with Crippen LogP contribution in [0.15, 0.2) is 36.9 Å². The van der Waals surface area contributed by atoms with Gasteiger partial charge in [0, 0.05) is 4.24 Å². The van der Waals surface area contributed by atoms with Crippen LogP contribution in [0.4, 0.5) is 0 Å². The number of hydrogen-bond acceptors (Lipinski definition) is 8. The van der Waals surface area contributed by atoms with Crippen LogP contribution in [0, 0.1) is 0 Å². The molecule has 0 bridgehead atoms. The molecule has 4 aliphatic heterocycles. The van der Waals surface area contributed by atoms with Crippen LogP contribution in [0.1, 0.15) is 13.8 Å². The number of thioether (sulfide) groups is 6. The van der Waals surface area contributed by atoms with Gasteiger partial charge in [-0.3, -0.25) is 0 Å². The highest BCUT2D eigenvalue weighted by Crippen LogP contribution is 2.70. The van der Waals surface area contributed by atoms with E-state index in [2.05, 4.69) is 13.8 Å². The Kier molecular flexibility index (Phi) is 4.06. The van der Waals surface area contributed by atoms with Gasteiger partial charge in [-0.2, -0.15) is 0 Å². The molecule has 0 aromatic carbocycles. The van der Waals surface area contributed by atoms with Gasteiger partial charge < -0.3 is 9.47 Å². The average Bonchev–Trinajstić information content (AvgIpc) is 3.09. The summed E-state index contributed by atoms with van der Waals surface area (Å²) in [6.07, 6.45) is 0. The summed E-state index contributed by atoms with van der Waals surface area (Å²) in [5.74, 6) is 0. The fourth-order valence-corrected chi connectivity index (χ4v) is 10.5. The highest BCUT2D eigenvalue weighted by atomic mass is 32.3. The Morgan fingerprint density at radius 2 is 1.15 bits per heavy atom. The number of hydrogen-bond donors (Lipinski definition) is 0. The minimum Gasteiger partial charge on any atom is -0.480 e. The fourth-order valence-electron chi connectivity index (χ4n) is 1.68. The first-order valence-electron chi connectivity index (χ1n) is 5.94. The minimum atomic E-state index is 0.666. The largest absolute Gasteiger partial charge is 0.480 e. The third-order valence-electron chi connectivity index (χ3n) is 2.57. The molecule has 0 unspecified atom stereocenters. The SMILES string of the molecule is CC(C)=C1SC2=C(S1)SC(=C1SC3=C(OCCO3)S1)S2. The molecule has 0 saturated carbocycles. The van der Waals surface area contributed by atoms with E-state index in [0.29, 0.717) is 13.2 Å². The van der Waals surface area contributed by atoms with Crippen molar-refractivity contribution >= 4 is 70.6 Å². The Bertz CT molecular complexity index is 569. The number of rotatable bonds is 0. The molecule has 0 saturated heterocycles. The van der Waals surface area contributed by atoms with E-state index in [4.69, 9.17) is 9.47 Å². The molecule has 20 heavy (non-hydrogen) atoms. The second kappa shape index (κ2) is 5.70. The van der Waals surface area contributed by atoms with Gasteiger partial charge in [-0.15, -0.1) is 0 Å². The smallest absolute Gasteiger partial charge is 0.208 e. The molecule has 4 heterocycles. The van der Waals surface area contributed by atoms with Crippen LogP contribution in [0.2, 0.25) is 0 Å². The van der Waals surface area contributed by atoms with Gasteiger partial charge in [-0.05, 0) is 37.4 Å². The molecular weight excluding hydrogens is 369 g/mol. The summed E-state index contributed by atoms with van der Waals surface area (Å²) in [7, 11) is 0. The lowest BCUT2D eigenvalue weighted by Gasteiger charge is -2.13. The van der Waals surface area contributed by atoms with Crippen LogP contribution in [-0.4, -0.2) is 13.2 Å². The normalized spacial score (nSPS) is 25.0. The third kappa shape index (κ3) is 2.56. The summed E-state index contributed by atoms with van der Waals surface area (Å²) in [4.78, 5) is 0. The molecule has 0 aromatic rings. The Morgan fingerprint density at radius 1 is 0.700 bits per heavy atom. The monoisotopic (exact) mass is 378 g/mol. The van der Waals surface area contributed by atoms with Gasteiger partial charge >= 0.3 is 0 Å². The van der Waals surface area contributed by atoms with Crippen LogP contribution < -0.4 is 0 Å². The van der Waals surface area contributed by atoms with Crippen molar-refractivity contribution in [1.82, 2.24) is 0 Å². The van der Waals surface area contributed by atoms with E-state index in [-0.39, 0.29) is 0 Å². The molecule has 0 aromatic heterocycles. The zero-order chi connectivity index (χ0) is 13.7. The molecule has 106 valence electrons. The summed E-state index contributed by atoms with van der Waals surface area (Å²) in [5.41, 5.74) is 1.41. The quantitative estimate of drug-likeness (QED) is 0.496. The molecule has 4 aliphatic rings. The van der Waals surface area contributed by atoms with E-state index in [0.717, 1.165) is 10.2 Å². The first-order chi connectivity index (χ1) is 9.70. The van der Waals surface area contributed by atoms with E-state index >= 15 is 0 Å². The predicted molar refractivity (Wildman–Crippen MR) is 96.9 cm³/mol. The van der Waals surface area contributed by atoms with Gasteiger partial charge in [-0.25, -0.2) is 0 Å². The van der Waals surface area contributed by atoms with Crippen molar-refractivity contribution in [1.29, 1.82) is 0 Å². The topological polar surface area (TPSA) is 18.5 Å². The molecule has 0 radical (unpaired) electrons. The maximum atomic E-state index is 5.65. The maximum absolute atomic E-state index is 5.65. The number of ether oxygens (including phenoxy) is 2. The second-order valence-corrected chi connectivity index (χ2v) is 11.7. The molecule has 0 fully saturated rings. The van der Waals surface area contributed by atoms with Gasteiger partial charge in [-0.1, -0.05) is 52.6 Å². The highest BCUT2D eigenvalue weighted by molar-refractivity contribution is 8.49. The number of allylic oxidation sites excluding steroid dienone is 1. The minimum absolute atomic E-state index is 0.666. The molecule has 8 heteroatoms. The summed E-state index contributed by atoms with van der Waals surface area (Å²) < 4.78 is 18.3. The van der Waals surface area contributed by atoms with Crippen molar-refractivity contribution in [2.45, 2.75) is 13.8 Å². The van der Waals surface area contributed by atoms with Crippen LogP contribution in [-0.2, 0) is 9.47 Å². The Morgan fingerprint density at radius 3 is 1.65 bits per heavy atom. The van der Waals surface area contributed by atoms with E-state index in [1.807, 2.05) is 47.0 Å². The Hall–Kier alpha value is 0.660. The fraction of sp³-hybridized carbons (Fsp3) is 0.333. The molecule has 0 spiro atoms. The first kappa shape index (κ1) is 14.3. The Balaban J connectivity index is 1.50. The van der Waals surface area contributed by atoms with Gasteiger partial charge in [0.25, 0.3) is 0 Å². The summed E-state index contributed by atoms with van der Waals surface area (Å²) in [6, 6.07) is 0. The molecule has 2 nitrogen and oxygen atoms in total. The van der Waals surface area contributed by atoms with Crippen molar-refractivity contribution in [3.8, 4) is 0 Å². The predicted octanol–water partition coefficient (Wildman–Crippen LogP) is 6.10. The second-order valence-electron chi connectivity index (χ2n) is 4.32. The van der Waals surface area contributed by atoms with Crippen LogP contribution in [0.3, 0.4) is 0 Å². The van der Waals surface area contributed by atoms with Crippen molar-refractivity contribution in [3.05, 3.63) is 36.9 Å². The molecular formula is C12H10O2S6. The van der Waals surface area contributed by atoms with E-state index in [1.165, 1.54) is 26.8 Å². The molecule has 0 aliphatic carbocycles. The van der Waals surface area contributed by atoms with Crippen molar-refractivity contribution in [2.75, 3.05) is 13.2 Å². The zero-order valence-electron chi connectivity index (χ0n) is 10.7. The van der Waals surface area contributed by atoms with Crippen molar-refractivity contribution < 1.29 is 9.47 Å². The Labute approximate surface area is 143 Å². The van der Waals surface area contributed by atoms with E-state index < -0.39 is 0 Å².